The Kier molecular flexibility index (Phi) is 3.12. The normalized spacial score (nSPS) is 10.7. The van der Waals surface area contributed by atoms with Gasteiger partial charge in [-0.05, 0) is 30.3 Å². The summed E-state index contributed by atoms with van der Waals surface area (Å²) in [4.78, 5) is 12.0. The molecule has 100 valence electrons. The molecule has 0 radical (unpaired) electrons. The minimum Gasteiger partial charge on any atom is -0.497 e. The zero-order chi connectivity index (χ0) is 14.1. The maximum atomic E-state index is 12.0. The molecule has 0 N–H and O–H groups in total. The van der Waals surface area contributed by atoms with Crippen LogP contribution in [0.3, 0.4) is 0 Å². The third-order valence-electron chi connectivity index (χ3n) is 2.85. The van der Waals surface area contributed by atoms with Crippen molar-refractivity contribution in [3.63, 3.8) is 0 Å². The molecule has 0 amide bonds. The number of halogens is 1. The quantitative estimate of drug-likeness (QED) is 0.678. The van der Waals surface area contributed by atoms with E-state index < -0.39 is 5.63 Å². The van der Waals surface area contributed by atoms with Crippen LogP contribution in [0.2, 0.25) is 5.15 Å². The first-order valence-electron chi connectivity index (χ1n) is 5.79. The van der Waals surface area contributed by atoms with Crippen molar-refractivity contribution >= 4 is 22.6 Å². The van der Waals surface area contributed by atoms with E-state index in [1.54, 1.807) is 37.4 Å². The topological polar surface area (TPSA) is 65.2 Å². The molecular weight excluding hydrogens is 280 g/mol. The number of hydrogen-bond acceptors (Lipinski definition) is 5. The Morgan fingerprint density at radius 3 is 2.70 bits per heavy atom. The van der Waals surface area contributed by atoms with Gasteiger partial charge in [-0.25, -0.2) is 4.79 Å². The maximum Gasteiger partial charge on any atom is 0.345 e. The van der Waals surface area contributed by atoms with Gasteiger partial charge in [0.05, 0.1) is 12.7 Å². The first kappa shape index (κ1) is 12.6. The van der Waals surface area contributed by atoms with E-state index in [-0.39, 0.29) is 5.15 Å². The van der Waals surface area contributed by atoms with Gasteiger partial charge in [0, 0.05) is 11.5 Å². The van der Waals surface area contributed by atoms with E-state index in [4.69, 9.17) is 20.8 Å². The van der Waals surface area contributed by atoms with Gasteiger partial charge < -0.3 is 9.15 Å². The van der Waals surface area contributed by atoms with Gasteiger partial charge in [0.2, 0.25) is 0 Å². The Morgan fingerprint density at radius 2 is 2.00 bits per heavy atom. The largest absolute Gasteiger partial charge is 0.497 e. The van der Waals surface area contributed by atoms with Crippen molar-refractivity contribution in [2.75, 3.05) is 7.11 Å². The van der Waals surface area contributed by atoms with E-state index in [1.807, 2.05) is 6.07 Å². The number of ether oxygens (including phenoxy) is 1. The molecule has 0 saturated carbocycles. The molecule has 0 unspecified atom stereocenters. The number of methoxy groups -OCH3 is 1. The van der Waals surface area contributed by atoms with Crippen LogP contribution in [0.15, 0.2) is 45.6 Å². The van der Waals surface area contributed by atoms with Crippen molar-refractivity contribution in [2.45, 2.75) is 0 Å². The van der Waals surface area contributed by atoms with Crippen LogP contribution >= 0.6 is 11.6 Å². The van der Waals surface area contributed by atoms with Crippen LogP contribution in [0.1, 0.15) is 0 Å². The predicted octanol–water partition coefficient (Wildman–Crippen LogP) is 2.91. The zero-order valence-corrected chi connectivity index (χ0v) is 11.2. The van der Waals surface area contributed by atoms with Crippen LogP contribution in [0.5, 0.6) is 5.75 Å². The number of hydrogen-bond donors (Lipinski definition) is 0. The summed E-state index contributed by atoms with van der Waals surface area (Å²) in [6.07, 6.45) is 0. The van der Waals surface area contributed by atoms with E-state index >= 15 is 0 Å². The van der Waals surface area contributed by atoms with Gasteiger partial charge in [-0.3, -0.25) is 0 Å². The van der Waals surface area contributed by atoms with Crippen LogP contribution in [-0.2, 0) is 0 Å². The second kappa shape index (κ2) is 4.94. The fourth-order valence-electron chi connectivity index (χ4n) is 1.86. The third kappa shape index (κ3) is 2.23. The molecule has 0 aliphatic heterocycles. The van der Waals surface area contributed by atoms with Crippen LogP contribution in [-0.4, -0.2) is 17.3 Å². The Morgan fingerprint density at radius 1 is 1.15 bits per heavy atom. The van der Waals surface area contributed by atoms with Crippen molar-refractivity contribution in [3.05, 3.63) is 52.0 Å². The smallest absolute Gasteiger partial charge is 0.345 e. The van der Waals surface area contributed by atoms with Crippen LogP contribution in [0.4, 0.5) is 0 Å². The molecular formula is C14H9ClN2O3. The van der Waals surface area contributed by atoms with E-state index in [0.29, 0.717) is 22.6 Å². The molecule has 0 aliphatic carbocycles. The predicted molar refractivity (Wildman–Crippen MR) is 75.1 cm³/mol. The van der Waals surface area contributed by atoms with Crippen molar-refractivity contribution in [1.29, 1.82) is 0 Å². The van der Waals surface area contributed by atoms with Crippen LogP contribution in [0, 0.1) is 0 Å². The summed E-state index contributed by atoms with van der Waals surface area (Å²) in [5.41, 5.74) is 0.732. The first-order valence-corrected chi connectivity index (χ1v) is 6.16. The van der Waals surface area contributed by atoms with E-state index in [9.17, 15) is 4.79 Å². The standard InChI is InChI=1S/C14H9ClN2O3/c1-19-9-3-2-8-6-10(14(18)20-12(8)7-9)11-4-5-13(15)17-16-11/h2-7H,1H3. The lowest BCUT2D eigenvalue weighted by atomic mass is 10.1. The molecule has 0 spiro atoms. The Balaban J connectivity index is 2.20. The number of nitrogens with zero attached hydrogens (tertiary/aromatic N) is 2. The first-order chi connectivity index (χ1) is 9.67. The molecule has 0 saturated heterocycles. The average molecular weight is 289 g/mol. The number of aromatic nitrogens is 2. The molecule has 6 heteroatoms. The summed E-state index contributed by atoms with van der Waals surface area (Å²) < 4.78 is 10.4. The lowest BCUT2D eigenvalue weighted by Crippen LogP contribution is -2.04. The molecule has 1 aromatic carbocycles. The van der Waals surface area contributed by atoms with Crippen molar-refractivity contribution in [1.82, 2.24) is 10.2 Å². The molecule has 5 nitrogen and oxygen atoms in total. The van der Waals surface area contributed by atoms with E-state index in [0.717, 1.165) is 5.39 Å². The van der Waals surface area contributed by atoms with Gasteiger partial charge in [0.1, 0.15) is 17.0 Å². The van der Waals surface area contributed by atoms with Gasteiger partial charge in [-0.15, -0.1) is 10.2 Å². The second-order valence-corrected chi connectivity index (χ2v) is 4.48. The minimum absolute atomic E-state index is 0.267. The number of fused-ring (bicyclic) bond motifs is 1. The highest BCUT2D eigenvalue weighted by atomic mass is 35.5. The lowest BCUT2D eigenvalue weighted by molar-refractivity contribution is 0.414. The highest BCUT2D eigenvalue weighted by Crippen LogP contribution is 2.23. The Bertz CT molecular complexity index is 828. The summed E-state index contributed by atoms with van der Waals surface area (Å²) in [5.74, 6) is 0.625. The van der Waals surface area contributed by atoms with Crippen LogP contribution in [0.25, 0.3) is 22.2 Å². The highest BCUT2D eigenvalue weighted by Gasteiger charge is 2.10. The van der Waals surface area contributed by atoms with Gasteiger partial charge in [0.25, 0.3) is 0 Å². The summed E-state index contributed by atoms with van der Waals surface area (Å²) in [6, 6.07) is 10.2. The summed E-state index contributed by atoms with van der Waals surface area (Å²) >= 11 is 5.68. The summed E-state index contributed by atoms with van der Waals surface area (Å²) in [7, 11) is 1.55. The second-order valence-electron chi connectivity index (χ2n) is 4.09. The lowest BCUT2D eigenvalue weighted by Gasteiger charge is -2.03. The molecule has 3 rings (SSSR count). The molecule has 20 heavy (non-hydrogen) atoms. The monoisotopic (exact) mass is 288 g/mol. The molecule has 0 atom stereocenters. The molecule has 0 fully saturated rings. The van der Waals surface area contributed by atoms with Crippen LogP contribution < -0.4 is 10.4 Å². The van der Waals surface area contributed by atoms with E-state index in [2.05, 4.69) is 10.2 Å². The van der Waals surface area contributed by atoms with Gasteiger partial charge in [-0.2, -0.15) is 0 Å². The average Bonchev–Trinajstić information content (AvgIpc) is 2.47. The van der Waals surface area contributed by atoms with Crippen molar-refractivity contribution in [3.8, 4) is 17.0 Å². The fraction of sp³-hybridized carbons (Fsp3) is 0.0714. The summed E-state index contributed by atoms with van der Waals surface area (Å²) in [6.45, 7) is 0. The summed E-state index contributed by atoms with van der Waals surface area (Å²) in [5, 5.41) is 8.64. The van der Waals surface area contributed by atoms with E-state index in [1.165, 1.54) is 0 Å². The zero-order valence-electron chi connectivity index (χ0n) is 10.5. The highest BCUT2D eigenvalue weighted by molar-refractivity contribution is 6.29. The number of rotatable bonds is 2. The maximum absolute atomic E-state index is 12.0. The molecule has 2 aromatic heterocycles. The SMILES string of the molecule is COc1ccc2cc(-c3ccc(Cl)nn3)c(=O)oc2c1. The fourth-order valence-corrected chi connectivity index (χ4v) is 1.96. The minimum atomic E-state index is -0.484. The van der Waals surface area contributed by atoms with Crippen molar-refractivity contribution < 1.29 is 9.15 Å². The van der Waals surface area contributed by atoms with Gasteiger partial charge in [-0.1, -0.05) is 11.6 Å². The Labute approximate surface area is 118 Å². The van der Waals surface area contributed by atoms with Crippen molar-refractivity contribution in [2.24, 2.45) is 0 Å². The Hall–Kier alpha value is -2.40. The van der Waals surface area contributed by atoms with Gasteiger partial charge >= 0.3 is 5.63 Å². The third-order valence-corrected chi connectivity index (χ3v) is 3.05. The molecule has 3 aromatic rings. The number of benzene rings is 1. The molecule has 0 aliphatic rings. The molecule has 2 heterocycles. The van der Waals surface area contributed by atoms with Gasteiger partial charge in [0.15, 0.2) is 5.15 Å². The molecule has 0 bridgehead atoms.